The summed E-state index contributed by atoms with van der Waals surface area (Å²) in [5.74, 6) is 0.612. The number of aliphatic hydroxyl groups excluding tert-OH is 5. The number of amides is 1. The van der Waals surface area contributed by atoms with E-state index >= 15 is 0 Å². The number of carbonyl (C=O) groups excluding carboxylic acids is 1. The molecule has 0 radical (unpaired) electrons. The van der Waals surface area contributed by atoms with Crippen molar-refractivity contribution in [1.82, 2.24) is 39.5 Å². The second-order valence-electron chi connectivity index (χ2n) is 12.5. The fraction of sp³-hybridized carbons (Fsp3) is 0.485. The van der Waals surface area contributed by atoms with Gasteiger partial charge in [-0.25, -0.2) is 19.1 Å². The van der Waals surface area contributed by atoms with Gasteiger partial charge in [0.2, 0.25) is 0 Å². The van der Waals surface area contributed by atoms with Crippen LogP contribution in [0.25, 0.3) is 33.3 Å². The molecule has 0 saturated carbocycles. The number of β-amino-alcohol motifs (C(OH)–C–C–N with tert-alkyl or cyclic N) is 1. The quantitative estimate of drug-likeness (QED) is 0.0754. The third kappa shape index (κ3) is 6.88. The second kappa shape index (κ2) is 14.6. The molecule has 262 valence electrons. The molecule has 16 nitrogen and oxygen atoms in total. The molecule has 4 aromatic heterocycles. The van der Waals surface area contributed by atoms with Gasteiger partial charge in [-0.1, -0.05) is 0 Å². The third-order valence-electron chi connectivity index (χ3n) is 9.48. The number of anilines is 1. The summed E-state index contributed by atoms with van der Waals surface area (Å²) >= 11 is 0. The smallest absolute Gasteiger partial charge is 0.277 e. The number of fused-ring (bicyclic) bond motifs is 2. The van der Waals surface area contributed by atoms with Gasteiger partial charge in [0, 0.05) is 37.6 Å². The summed E-state index contributed by atoms with van der Waals surface area (Å²) in [5, 5.41) is 56.8. The van der Waals surface area contributed by atoms with Crippen LogP contribution in [-0.2, 0) is 19.6 Å². The largest absolute Gasteiger partial charge is 0.394 e. The first kappa shape index (κ1) is 34.4. The van der Waals surface area contributed by atoms with Gasteiger partial charge >= 0.3 is 0 Å². The van der Waals surface area contributed by atoms with Crippen LogP contribution < -0.4 is 15.6 Å². The van der Waals surface area contributed by atoms with E-state index in [9.17, 15) is 25.2 Å². The van der Waals surface area contributed by atoms with E-state index in [1.165, 1.54) is 0 Å². The molecule has 6 rings (SSSR count). The van der Waals surface area contributed by atoms with Gasteiger partial charge in [-0.05, 0) is 56.5 Å². The molecule has 49 heavy (non-hydrogen) atoms. The first-order chi connectivity index (χ1) is 23.6. The van der Waals surface area contributed by atoms with E-state index in [1.807, 2.05) is 22.0 Å². The molecule has 1 aliphatic rings. The number of nitrogens with one attached hydrogen (secondary N) is 2. The SMILES string of the molecule is CCn1c(CNC(=O)c2nc3cc[nH]c3nc2N)[n+](CC)c2ccc(-c3cnn(C4CCN(CC(O)C(O)C(O)C(O)CO)CC4)c3)cc21. The van der Waals surface area contributed by atoms with Crippen molar-refractivity contribution in [3.8, 4) is 11.1 Å². The standard InChI is InChI=1S/C33H44N10O6/c1-3-41-23-6-5-19(13-24(23)42(4-2)27(41)15-36-33(49)28-31(34)39-32-22(38-28)7-10-35-32)20-14-37-43(16-20)21-8-11-40(12-9-21)17-25(45)29(47)30(48)26(46)18-44/h5-7,10,13-14,16,21,25-26,29-30,44-48H,3-4,8-9,11-12,15,17-18H2,1-2H3,(H3-,34,35,36,38,39,49)/p+1. The predicted molar refractivity (Wildman–Crippen MR) is 180 cm³/mol. The van der Waals surface area contributed by atoms with E-state index in [1.54, 1.807) is 12.3 Å². The maximum absolute atomic E-state index is 13.2. The lowest BCUT2D eigenvalue weighted by molar-refractivity contribution is -0.676. The van der Waals surface area contributed by atoms with E-state index < -0.39 is 36.9 Å². The topological polar surface area (TPSA) is 228 Å². The molecule has 1 amide bonds. The molecule has 16 heteroatoms. The molecule has 0 spiro atoms. The summed E-state index contributed by atoms with van der Waals surface area (Å²) in [7, 11) is 0. The Kier molecular flexibility index (Phi) is 10.2. The zero-order valence-corrected chi connectivity index (χ0v) is 27.6. The Balaban J connectivity index is 1.14. The highest BCUT2D eigenvalue weighted by molar-refractivity contribution is 5.98. The van der Waals surface area contributed by atoms with E-state index in [0.717, 1.165) is 40.8 Å². The summed E-state index contributed by atoms with van der Waals surface area (Å²) in [4.78, 5) is 26.8. The van der Waals surface area contributed by atoms with Crippen LogP contribution in [0, 0.1) is 0 Å². The number of nitrogens with zero attached hydrogens (tertiary/aromatic N) is 7. The molecule has 4 unspecified atom stereocenters. The van der Waals surface area contributed by atoms with Gasteiger partial charge < -0.3 is 46.5 Å². The van der Waals surface area contributed by atoms with Crippen LogP contribution in [0.1, 0.15) is 49.0 Å². The Labute approximate surface area is 282 Å². The van der Waals surface area contributed by atoms with Crippen LogP contribution >= 0.6 is 0 Å². The van der Waals surface area contributed by atoms with Crippen molar-refractivity contribution in [2.24, 2.45) is 0 Å². The average molecular weight is 678 g/mol. The number of likely N-dealkylation sites (tertiary alicyclic amines) is 1. The monoisotopic (exact) mass is 677 g/mol. The Morgan fingerprint density at radius 3 is 2.55 bits per heavy atom. The first-order valence-electron chi connectivity index (χ1n) is 16.7. The molecule has 0 aliphatic carbocycles. The lowest BCUT2D eigenvalue weighted by atomic mass is 10.0. The molecule has 1 fully saturated rings. The minimum atomic E-state index is -1.63. The van der Waals surface area contributed by atoms with Crippen LogP contribution in [0.5, 0.6) is 0 Å². The van der Waals surface area contributed by atoms with Gasteiger partial charge in [0.1, 0.15) is 30.4 Å². The molecule has 5 aromatic rings. The summed E-state index contributed by atoms with van der Waals surface area (Å²) in [6.45, 7) is 6.58. The molecule has 0 bridgehead atoms. The average Bonchev–Trinajstić information content (AvgIpc) is 3.86. The van der Waals surface area contributed by atoms with Crippen LogP contribution in [0.2, 0.25) is 0 Å². The summed E-state index contributed by atoms with van der Waals surface area (Å²) in [6.07, 6.45) is 1.19. The van der Waals surface area contributed by atoms with E-state index in [4.69, 9.17) is 10.8 Å². The number of aromatic amines is 1. The molecular formula is C33H45N10O6+. The van der Waals surface area contributed by atoms with Gasteiger partial charge in [0.15, 0.2) is 28.2 Å². The Bertz CT molecular complexity index is 1910. The summed E-state index contributed by atoms with van der Waals surface area (Å²) in [5.41, 5.74) is 11.3. The van der Waals surface area contributed by atoms with E-state index in [2.05, 4.69) is 66.5 Å². The number of rotatable bonds is 13. The normalized spacial score (nSPS) is 17.0. The summed E-state index contributed by atoms with van der Waals surface area (Å²) < 4.78 is 6.37. The molecule has 4 atom stereocenters. The van der Waals surface area contributed by atoms with Gasteiger partial charge in [-0.3, -0.25) is 9.48 Å². The molecular weight excluding hydrogens is 632 g/mol. The number of benzene rings is 1. The fourth-order valence-corrected chi connectivity index (χ4v) is 6.75. The van der Waals surface area contributed by atoms with E-state index in [0.29, 0.717) is 37.3 Å². The number of piperidine rings is 1. The number of aryl methyl sites for hydroxylation is 2. The highest BCUT2D eigenvalue weighted by Crippen LogP contribution is 2.28. The first-order valence-corrected chi connectivity index (χ1v) is 16.7. The van der Waals surface area contributed by atoms with Crippen molar-refractivity contribution >= 4 is 33.9 Å². The number of hydrogen-bond donors (Lipinski definition) is 8. The third-order valence-corrected chi connectivity index (χ3v) is 9.48. The van der Waals surface area contributed by atoms with Crippen molar-refractivity contribution in [1.29, 1.82) is 0 Å². The van der Waals surface area contributed by atoms with Crippen LogP contribution in [-0.4, -0.2) is 116 Å². The minimum absolute atomic E-state index is 0.0637. The number of aliphatic hydroxyl groups is 5. The number of carbonyl (C=O) groups is 1. The number of nitrogen functional groups attached to an aromatic ring is 1. The number of nitrogens with two attached hydrogens (primary N) is 1. The summed E-state index contributed by atoms with van der Waals surface area (Å²) in [6, 6.07) is 8.23. The zero-order valence-electron chi connectivity index (χ0n) is 27.6. The van der Waals surface area contributed by atoms with Gasteiger partial charge in [0.05, 0.1) is 38.0 Å². The second-order valence-corrected chi connectivity index (χ2v) is 12.5. The molecule has 5 heterocycles. The Hall–Kier alpha value is -4.45. The van der Waals surface area contributed by atoms with Crippen molar-refractivity contribution in [2.75, 3.05) is 32.0 Å². The predicted octanol–water partition coefficient (Wildman–Crippen LogP) is -0.312. The van der Waals surface area contributed by atoms with Crippen LogP contribution in [0.4, 0.5) is 5.82 Å². The minimum Gasteiger partial charge on any atom is -0.394 e. The van der Waals surface area contributed by atoms with Gasteiger partial charge in [0.25, 0.3) is 11.7 Å². The Morgan fingerprint density at radius 1 is 1.08 bits per heavy atom. The van der Waals surface area contributed by atoms with Crippen LogP contribution in [0.3, 0.4) is 0 Å². The molecule has 9 N–H and O–H groups in total. The van der Waals surface area contributed by atoms with E-state index in [-0.39, 0.29) is 30.6 Å². The van der Waals surface area contributed by atoms with Crippen molar-refractivity contribution in [2.45, 2.75) is 76.8 Å². The molecule has 1 saturated heterocycles. The Morgan fingerprint density at radius 2 is 1.84 bits per heavy atom. The number of imidazole rings is 1. The zero-order chi connectivity index (χ0) is 34.8. The van der Waals surface area contributed by atoms with Gasteiger partial charge in [-0.2, -0.15) is 5.10 Å². The maximum Gasteiger partial charge on any atom is 0.277 e. The lowest BCUT2D eigenvalue weighted by Crippen LogP contribution is -2.50. The number of H-pyrrole nitrogens is 1. The molecule has 1 aliphatic heterocycles. The number of aromatic nitrogens is 7. The van der Waals surface area contributed by atoms with Crippen molar-refractivity contribution < 1.29 is 34.9 Å². The van der Waals surface area contributed by atoms with Crippen molar-refractivity contribution in [3.63, 3.8) is 0 Å². The van der Waals surface area contributed by atoms with Gasteiger partial charge in [-0.15, -0.1) is 0 Å². The highest BCUT2D eigenvalue weighted by Gasteiger charge is 2.32. The lowest BCUT2D eigenvalue weighted by Gasteiger charge is -2.35. The highest BCUT2D eigenvalue weighted by atomic mass is 16.4. The fourth-order valence-electron chi connectivity index (χ4n) is 6.75. The van der Waals surface area contributed by atoms with Crippen LogP contribution in [0.15, 0.2) is 42.9 Å². The maximum atomic E-state index is 13.2. The molecule has 1 aromatic carbocycles. The van der Waals surface area contributed by atoms with Crippen molar-refractivity contribution in [3.05, 3.63) is 54.4 Å². The number of hydrogen-bond acceptors (Lipinski definition) is 11.